The third-order valence-electron chi connectivity index (χ3n) is 4.21. The van der Waals surface area contributed by atoms with Crippen molar-refractivity contribution in [3.05, 3.63) is 15.1 Å². The van der Waals surface area contributed by atoms with E-state index in [-0.39, 0.29) is 0 Å². The van der Waals surface area contributed by atoms with Crippen molar-refractivity contribution >= 4 is 28.4 Å². The molecule has 0 saturated heterocycles. The summed E-state index contributed by atoms with van der Waals surface area (Å²) in [7, 11) is 1.72. The highest BCUT2D eigenvalue weighted by Gasteiger charge is 2.29. The lowest BCUT2D eigenvalue weighted by Gasteiger charge is -2.24. The molecule has 1 N–H and O–H groups in total. The van der Waals surface area contributed by atoms with Crippen LogP contribution in [-0.4, -0.2) is 23.6 Å². The molecule has 0 spiro atoms. The smallest absolute Gasteiger partial charge is 0.162 e. The number of halogens is 1. The Labute approximate surface area is 141 Å². The molecule has 1 aliphatic carbocycles. The molecule has 2 rings (SSSR count). The van der Waals surface area contributed by atoms with Gasteiger partial charge in [-0.05, 0) is 55.7 Å². The number of nitrogens with one attached hydrogen (secondary N) is 1. The first kappa shape index (κ1) is 16.9. The van der Waals surface area contributed by atoms with E-state index in [1.54, 1.807) is 7.11 Å². The van der Waals surface area contributed by atoms with E-state index in [9.17, 15) is 0 Å². The van der Waals surface area contributed by atoms with Gasteiger partial charge >= 0.3 is 0 Å². The van der Waals surface area contributed by atoms with Crippen molar-refractivity contribution in [2.24, 2.45) is 0 Å². The van der Waals surface area contributed by atoms with E-state index in [0.29, 0.717) is 5.92 Å². The zero-order valence-electron chi connectivity index (χ0n) is 13.5. The second-order valence-electron chi connectivity index (χ2n) is 6.22. The van der Waals surface area contributed by atoms with Gasteiger partial charge in [-0.25, -0.2) is 9.97 Å². The molecule has 0 bridgehead atoms. The molecule has 5 heteroatoms. The van der Waals surface area contributed by atoms with Crippen LogP contribution in [0.4, 0.5) is 5.82 Å². The number of anilines is 1. The van der Waals surface area contributed by atoms with Crippen molar-refractivity contribution in [2.75, 3.05) is 19.0 Å². The fourth-order valence-corrected chi connectivity index (χ4v) is 3.53. The van der Waals surface area contributed by atoms with E-state index in [2.05, 4.69) is 34.8 Å². The van der Waals surface area contributed by atoms with Crippen molar-refractivity contribution < 1.29 is 4.74 Å². The van der Waals surface area contributed by atoms with Gasteiger partial charge in [-0.3, -0.25) is 0 Å². The molecule has 21 heavy (non-hydrogen) atoms. The second kappa shape index (κ2) is 7.22. The van der Waals surface area contributed by atoms with Gasteiger partial charge in [0.2, 0.25) is 0 Å². The zero-order valence-corrected chi connectivity index (χ0v) is 15.7. The Morgan fingerprint density at radius 1 is 1.29 bits per heavy atom. The summed E-state index contributed by atoms with van der Waals surface area (Å²) in [5, 5.41) is 3.45. The molecule has 0 atom stereocenters. The van der Waals surface area contributed by atoms with Crippen LogP contribution in [0.15, 0.2) is 0 Å². The minimum atomic E-state index is -0.458. The van der Waals surface area contributed by atoms with E-state index in [0.717, 1.165) is 24.6 Å². The maximum absolute atomic E-state index is 5.59. The van der Waals surface area contributed by atoms with Crippen molar-refractivity contribution in [3.8, 4) is 0 Å². The predicted molar refractivity (Wildman–Crippen MR) is 94.8 cm³/mol. The summed E-state index contributed by atoms with van der Waals surface area (Å²) >= 11 is 2.40. The average Bonchev–Trinajstić information content (AvgIpc) is 3.00. The van der Waals surface area contributed by atoms with Crippen molar-refractivity contribution in [1.82, 2.24) is 9.97 Å². The van der Waals surface area contributed by atoms with E-state index < -0.39 is 5.60 Å². The van der Waals surface area contributed by atoms with Crippen LogP contribution >= 0.6 is 22.6 Å². The van der Waals surface area contributed by atoms with Gasteiger partial charge in [0.1, 0.15) is 11.4 Å². The quantitative estimate of drug-likeness (QED) is 0.714. The predicted octanol–water partition coefficient (Wildman–Crippen LogP) is 4.44. The topological polar surface area (TPSA) is 47.0 Å². The van der Waals surface area contributed by atoms with Crippen LogP contribution in [0, 0.1) is 3.57 Å². The van der Waals surface area contributed by atoms with Gasteiger partial charge in [-0.15, -0.1) is 0 Å². The monoisotopic (exact) mass is 403 g/mol. The highest BCUT2D eigenvalue weighted by Crippen LogP contribution is 2.38. The first-order valence-corrected chi connectivity index (χ1v) is 8.94. The summed E-state index contributed by atoms with van der Waals surface area (Å²) < 4.78 is 6.77. The summed E-state index contributed by atoms with van der Waals surface area (Å²) in [6.07, 6.45) is 6.19. The lowest BCUT2D eigenvalue weighted by molar-refractivity contribution is 0.0113. The first-order chi connectivity index (χ1) is 9.99. The molecule has 0 amide bonds. The van der Waals surface area contributed by atoms with Crippen molar-refractivity contribution in [1.29, 1.82) is 0 Å². The Balaban J connectivity index is 2.44. The molecular formula is C16H26IN3O. The third-order valence-corrected chi connectivity index (χ3v) is 5.27. The SMILES string of the molecule is CCCNc1nc(C(C)(C)OC)nc(C2CCCC2)c1I. The fourth-order valence-electron chi connectivity index (χ4n) is 2.66. The van der Waals surface area contributed by atoms with Crippen LogP contribution in [0.2, 0.25) is 0 Å². The highest BCUT2D eigenvalue weighted by atomic mass is 127. The second-order valence-corrected chi connectivity index (χ2v) is 7.30. The molecule has 1 fully saturated rings. The van der Waals surface area contributed by atoms with Crippen LogP contribution in [0.25, 0.3) is 0 Å². The van der Waals surface area contributed by atoms with Gasteiger partial charge in [0.05, 0.1) is 9.26 Å². The maximum Gasteiger partial charge on any atom is 0.162 e. The van der Waals surface area contributed by atoms with Gasteiger partial charge in [0.25, 0.3) is 0 Å². The summed E-state index contributed by atoms with van der Waals surface area (Å²) in [6.45, 7) is 7.15. The third kappa shape index (κ3) is 3.86. The van der Waals surface area contributed by atoms with Crippen molar-refractivity contribution in [2.45, 2.75) is 64.4 Å². The molecule has 1 aromatic heterocycles. The molecule has 0 aromatic carbocycles. The van der Waals surface area contributed by atoms with Crippen LogP contribution in [0.1, 0.15) is 70.3 Å². The Bertz CT molecular complexity index is 485. The van der Waals surface area contributed by atoms with Gasteiger partial charge in [0.15, 0.2) is 5.82 Å². The van der Waals surface area contributed by atoms with Gasteiger partial charge in [-0.2, -0.15) is 0 Å². The number of hydrogen-bond acceptors (Lipinski definition) is 4. The molecule has 0 aliphatic heterocycles. The molecule has 1 saturated carbocycles. The van der Waals surface area contributed by atoms with Crippen LogP contribution in [-0.2, 0) is 10.3 Å². The van der Waals surface area contributed by atoms with Gasteiger partial charge in [0, 0.05) is 19.6 Å². The summed E-state index contributed by atoms with van der Waals surface area (Å²) in [5.41, 5.74) is 0.752. The van der Waals surface area contributed by atoms with Crippen molar-refractivity contribution in [3.63, 3.8) is 0 Å². The van der Waals surface area contributed by atoms with Crippen LogP contribution in [0.3, 0.4) is 0 Å². The van der Waals surface area contributed by atoms with Gasteiger partial charge in [-0.1, -0.05) is 19.8 Å². The summed E-state index contributed by atoms with van der Waals surface area (Å²) in [5.74, 6) is 2.33. The lowest BCUT2D eigenvalue weighted by atomic mass is 10.0. The normalized spacial score (nSPS) is 16.4. The number of methoxy groups -OCH3 is 1. The van der Waals surface area contributed by atoms with E-state index in [4.69, 9.17) is 14.7 Å². The summed E-state index contributed by atoms with van der Waals surface area (Å²) in [6, 6.07) is 0. The molecule has 1 aromatic rings. The first-order valence-electron chi connectivity index (χ1n) is 7.86. The standard InChI is InChI=1S/C16H26IN3O/c1-5-10-18-14-12(17)13(11-8-6-7-9-11)19-15(20-14)16(2,3)21-4/h11H,5-10H2,1-4H3,(H,18,19,20). The highest BCUT2D eigenvalue weighted by molar-refractivity contribution is 14.1. The Morgan fingerprint density at radius 2 is 1.95 bits per heavy atom. The fraction of sp³-hybridized carbons (Fsp3) is 0.750. The van der Waals surface area contributed by atoms with E-state index in [1.165, 1.54) is 34.9 Å². The number of hydrogen-bond donors (Lipinski definition) is 1. The maximum atomic E-state index is 5.59. The van der Waals surface area contributed by atoms with Crippen LogP contribution < -0.4 is 5.32 Å². The minimum absolute atomic E-state index is 0.458. The molecule has 4 nitrogen and oxygen atoms in total. The molecule has 1 heterocycles. The molecule has 1 aliphatic rings. The number of ether oxygens (including phenoxy) is 1. The Kier molecular flexibility index (Phi) is 5.82. The van der Waals surface area contributed by atoms with E-state index in [1.807, 2.05) is 13.8 Å². The number of rotatable bonds is 6. The molecule has 0 radical (unpaired) electrons. The van der Waals surface area contributed by atoms with Gasteiger partial charge < -0.3 is 10.1 Å². The Hall–Kier alpha value is -0.430. The zero-order chi connectivity index (χ0) is 15.5. The number of nitrogens with zero attached hydrogens (tertiary/aromatic N) is 2. The largest absolute Gasteiger partial charge is 0.371 e. The minimum Gasteiger partial charge on any atom is -0.371 e. The molecule has 118 valence electrons. The lowest BCUT2D eigenvalue weighted by Crippen LogP contribution is -2.25. The molecular weight excluding hydrogens is 377 g/mol. The van der Waals surface area contributed by atoms with E-state index >= 15 is 0 Å². The van der Waals surface area contributed by atoms with Crippen LogP contribution in [0.5, 0.6) is 0 Å². The molecule has 0 unspecified atom stereocenters. The average molecular weight is 403 g/mol. The number of aromatic nitrogens is 2. The Morgan fingerprint density at radius 3 is 2.52 bits per heavy atom. The summed E-state index contributed by atoms with van der Waals surface area (Å²) in [4.78, 5) is 9.61.